The summed E-state index contributed by atoms with van der Waals surface area (Å²) in [4.78, 5) is 2.41. The summed E-state index contributed by atoms with van der Waals surface area (Å²) in [5, 5.41) is 0.775. The molecule has 3 heteroatoms. The first kappa shape index (κ1) is 14.1. The summed E-state index contributed by atoms with van der Waals surface area (Å²) in [7, 11) is 2.20. The van der Waals surface area contributed by atoms with Crippen molar-refractivity contribution in [3.63, 3.8) is 0 Å². The average molecular weight is 314 g/mol. The zero-order valence-corrected chi connectivity index (χ0v) is 13.5. The molecule has 1 unspecified atom stereocenters. The second-order valence-electron chi connectivity index (χ2n) is 6.51. The van der Waals surface area contributed by atoms with Crippen molar-refractivity contribution >= 4 is 11.6 Å². The first-order valence-electron chi connectivity index (χ1n) is 7.89. The van der Waals surface area contributed by atoms with Gasteiger partial charge in [0.05, 0.1) is 0 Å². The molecule has 2 nitrogen and oxygen atoms in total. The first-order valence-corrected chi connectivity index (χ1v) is 8.27. The van der Waals surface area contributed by atoms with E-state index in [1.807, 2.05) is 12.1 Å². The van der Waals surface area contributed by atoms with Crippen LogP contribution in [0.3, 0.4) is 0 Å². The van der Waals surface area contributed by atoms with Gasteiger partial charge in [0.25, 0.3) is 0 Å². The van der Waals surface area contributed by atoms with Crippen molar-refractivity contribution in [3.8, 4) is 5.75 Å². The van der Waals surface area contributed by atoms with Crippen molar-refractivity contribution < 1.29 is 4.74 Å². The maximum absolute atomic E-state index is 6.40. The predicted octanol–water partition coefficient (Wildman–Crippen LogP) is 4.44. The number of ether oxygens (including phenoxy) is 1. The number of hydrogen-bond donors (Lipinski definition) is 0. The van der Waals surface area contributed by atoms with Crippen LogP contribution >= 0.6 is 11.6 Å². The topological polar surface area (TPSA) is 12.5 Å². The van der Waals surface area contributed by atoms with E-state index in [9.17, 15) is 0 Å². The number of fused-ring (bicyclic) bond motifs is 2. The lowest BCUT2D eigenvalue weighted by Crippen LogP contribution is -2.43. The third-order valence-corrected chi connectivity index (χ3v) is 5.47. The lowest BCUT2D eigenvalue weighted by molar-refractivity contribution is 0.0861. The monoisotopic (exact) mass is 313 g/mol. The van der Waals surface area contributed by atoms with Crippen LogP contribution in [0.2, 0.25) is 5.02 Å². The van der Waals surface area contributed by atoms with E-state index < -0.39 is 0 Å². The summed E-state index contributed by atoms with van der Waals surface area (Å²) < 4.78 is 6.40. The highest BCUT2D eigenvalue weighted by atomic mass is 35.5. The number of piperidine rings is 1. The normalized spacial score (nSPS) is 23.3. The van der Waals surface area contributed by atoms with Crippen LogP contribution in [0.1, 0.15) is 30.1 Å². The Morgan fingerprint density at radius 1 is 1.05 bits per heavy atom. The van der Waals surface area contributed by atoms with Gasteiger partial charge in [0, 0.05) is 16.0 Å². The van der Waals surface area contributed by atoms with E-state index >= 15 is 0 Å². The molecular weight excluding hydrogens is 294 g/mol. The number of benzene rings is 2. The largest absolute Gasteiger partial charge is 0.484 e. The van der Waals surface area contributed by atoms with Gasteiger partial charge in [-0.15, -0.1) is 0 Å². The summed E-state index contributed by atoms with van der Waals surface area (Å²) in [6.45, 7) is 2.23. The number of likely N-dealkylation sites (tertiary alicyclic amines) is 1. The van der Waals surface area contributed by atoms with Crippen molar-refractivity contribution in [2.45, 2.75) is 24.4 Å². The van der Waals surface area contributed by atoms with E-state index in [0.29, 0.717) is 0 Å². The van der Waals surface area contributed by atoms with Crippen LogP contribution < -0.4 is 4.74 Å². The lowest BCUT2D eigenvalue weighted by atomic mass is 9.68. The molecule has 0 amide bonds. The Morgan fingerprint density at radius 3 is 2.45 bits per heavy atom. The van der Waals surface area contributed by atoms with Crippen LogP contribution in [0.25, 0.3) is 0 Å². The Balaban J connectivity index is 1.80. The Morgan fingerprint density at radius 2 is 1.73 bits per heavy atom. The molecule has 0 bridgehead atoms. The number of hydrogen-bond acceptors (Lipinski definition) is 2. The smallest absolute Gasteiger partial charge is 0.134 e. The molecule has 0 aromatic heterocycles. The van der Waals surface area contributed by atoms with Gasteiger partial charge in [0.1, 0.15) is 11.9 Å². The van der Waals surface area contributed by atoms with Gasteiger partial charge in [0.15, 0.2) is 0 Å². The molecule has 0 saturated carbocycles. The van der Waals surface area contributed by atoms with Crippen molar-refractivity contribution in [3.05, 3.63) is 64.7 Å². The van der Waals surface area contributed by atoms with Crippen LogP contribution in [0.5, 0.6) is 5.75 Å². The number of rotatable bonds is 1. The number of para-hydroxylation sites is 1. The van der Waals surface area contributed by atoms with Crippen LogP contribution in [0.4, 0.5) is 0 Å². The van der Waals surface area contributed by atoms with Crippen LogP contribution in [0, 0.1) is 0 Å². The highest BCUT2D eigenvalue weighted by Crippen LogP contribution is 2.55. The summed E-state index contributed by atoms with van der Waals surface area (Å²) in [6.07, 6.45) is 2.36. The first-order chi connectivity index (χ1) is 10.7. The Hall–Kier alpha value is -1.51. The number of halogens is 1. The van der Waals surface area contributed by atoms with Crippen LogP contribution in [-0.4, -0.2) is 25.0 Å². The van der Waals surface area contributed by atoms with Gasteiger partial charge >= 0.3 is 0 Å². The average Bonchev–Trinajstić information content (AvgIpc) is 2.86. The molecule has 0 radical (unpaired) electrons. The zero-order chi connectivity index (χ0) is 15.2. The molecule has 2 aliphatic rings. The molecule has 2 aromatic rings. The maximum Gasteiger partial charge on any atom is 0.134 e. The highest BCUT2D eigenvalue weighted by molar-refractivity contribution is 6.30. The van der Waals surface area contributed by atoms with Crippen LogP contribution in [-0.2, 0) is 5.41 Å². The molecule has 22 heavy (non-hydrogen) atoms. The van der Waals surface area contributed by atoms with E-state index in [1.54, 1.807) is 0 Å². The van der Waals surface area contributed by atoms with Gasteiger partial charge in [-0.2, -0.15) is 0 Å². The van der Waals surface area contributed by atoms with Gasteiger partial charge in [0.2, 0.25) is 0 Å². The fraction of sp³-hybridized carbons (Fsp3) is 0.368. The van der Waals surface area contributed by atoms with Gasteiger partial charge in [-0.05, 0) is 56.7 Å². The summed E-state index contributed by atoms with van der Waals surface area (Å²) in [5.74, 6) is 1.05. The van der Waals surface area contributed by atoms with Crippen molar-refractivity contribution in [2.24, 2.45) is 0 Å². The molecule has 1 saturated heterocycles. The molecule has 114 valence electrons. The molecule has 2 aromatic carbocycles. The molecule has 1 fully saturated rings. The third kappa shape index (κ3) is 2.13. The molecule has 2 aliphatic heterocycles. The minimum absolute atomic E-state index is 0.0934. The fourth-order valence-electron chi connectivity index (χ4n) is 3.94. The second-order valence-corrected chi connectivity index (χ2v) is 6.94. The quantitative estimate of drug-likeness (QED) is 0.772. The van der Waals surface area contributed by atoms with Gasteiger partial charge in [-0.25, -0.2) is 0 Å². The summed E-state index contributed by atoms with van der Waals surface area (Å²) in [6, 6.07) is 16.7. The predicted molar refractivity (Wildman–Crippen MR) is 89.7 cm³/mol. The Labute approximate surface area is 136 Å². The van der Waals surface area contributed by atoms with Crippen molar-refractivity contribution in [1.82, 2.24) is 4.90 Å². The third-order valence-electron chi connectivity index (χ3n) is 5.22. The van der Waals surface area contributed by atoms with Gasteiger partial charge < -0.3 is 9.64 Å². The van der Waals surface area contributed by atoms with Gasteiger partial charge in [-0.3, -0.25) is 0 Å². The summed E-state index contributed by atoms with van der Waals surface area (Å²) >= 11 is 6.06. The van der Waals surface area contributed by atoms with E-state index in [0.717, 1.165) is 36.7 Å². The number of nitrogens with zero attached hydrogens (tertiary/aromatic N) is 1. The van der Waals surface area contributed by atoms with E-state index in [4.69, 9.17) is 16.3 Å². The zero-order valence-electron chi connectivity index (χ0n) is 12.8. The Bertz CT molecular complexity index is 674. The van der Waals surface area contributed by atoms with Crippen molar-refractivity contribution in [1.29, 1.82) is 0 Å². The highest BCUT2D eigenvalue weighted by Gasteiger charge is 2.50. The molecule has 2 heterocycles. The molecular formula is C19H20ClNO. The second kappa shape index (κ2) is 5.29. The minimum atomic E-state index is 0.0934. The van der Waals surface area contributed by atoms with E-state index in [1.165, 1.54) is 11.1 Å². The minimum Gasteiger partial charge on any atom is -0.484 e. The Kier molecular flexibility index (Phi) is 3.39. The van der Waals surface area contributed by atoms with Crippen molar-refractivity contribution in [2.75, 3.05) is 20.1 Å². The van der Waals surface area contributed by atoms with E-state index in [2.05, 4.69) is 48.3 Å². The fourth-order valence-corrected chi connectivity index (χ4v) is 4.06. The van der Waals surface area contributed by atoms with E-state index in [-0.39, 0.29) is 11.5 Å². The molecule has 0 N–H and O–H groups in total. The molecule has 0 aliphatic carbocycles. The lowest BCUT2D eigenvalue weighted by Gasteiger charge is -2.41. The summed E-state index contributed by atoms with van der Waals surface area (Å²) in [5.41, 5.74) is 2.70. The maximum atomic E-state index is 6.40. The SMILES string of the molecule is CN1CCC2(CC1)c1ccccc1OC2c1ccc(Cl)cc1. The molecule has 4 rings (SSSR count). The van der Waals surface area contributed by atoms with Crippen LogP contribution in [0.15, 0.2) is 48.5 Å². The standard InChI is InChI=1S/C19H20ClNO/c1-21-12-10-19(11-13-21)16-4-2-3-5-17(16)22-18(19)14-6-8-15(20)9-7-14/h2-9,18H,10-13H2,1H3. The van der Waals surface area contributed by atoms with Gasteiger partial charge in [-0.1, -0.05) is 41.9 Å². The molecule has 1 spiro atoms. The molecule has 1 atom stereocenters.